The molecule has 3 heterocycles. The molecule has 1 amide bonds. The van der Waals surface area contributed by atoms with Crippen LogP contribution in [0.5, 0.6) is 0 Å². The van der Waals surface area contributed by atoms with Crippen LogP contribution in [0.3, 0.4) is 0 Å². The van der Waals surface area contributed by atoms with Gasteiger partial charge >= 0.3 is 0 Å². The van der Waals surface area contributed by atoms with E-state index in [1.54, 1.807) is 6.92 Å². The van der Waals surface area contributed by atoms with Crippen LogP contribution in [0, 0.1) is 12.8 Å². The highest BCUT2D eigenvalue weighted by atomic mass is 16.3. The van der Waals surface area contributed by atoms with Crippen LogP contribution < -0.4 is 10.9 Å². The molecule has 124 valence electrons. The lowest BCUT2D eigenvalue weighted by atomic mass is 9.94. The Kier molecular flexibility index (Phi) is 4.47. The van der Waals surface area contributed by atoms with Gasteiger partial charge in [0, 0.05) is 6.54 Å². The zero-order chi connectivity index (χ0) is 16.4. The number of nitrogens with one attached hydrogen (secondary N) is 2. The second-order valence-corrected chi connectivity index (χ2v) is 6.24. The fourth-order valence-corrected chi connectivity index (χ4v) is 3.16. The minimum Gasteiger partial charge on any atom is -0.442 e. The number of aromatic amines is 1. The Bertz CT molecular complexity index is 756. The molecule has 7 nitrogen and oxygen atoms in total. The number of aromatic nitrogens is 2. The molecule has 1 fully saturated rings. The maximum Gasteiger partial charge on any atom is 0.262 e. The van der Waals surface area contributed by atoms with E-state index in [2.05, 4.69) is 27.2 Å². The van der Waals surface area contributed by atoms with Gasteiger partial charge in [-0.15, -0.1) is 0 Å². The summed E-state index contributed by atoms with van der Waals surface area (Å²) in [6, 6.07) is 0. The fraction of sp³-hybridized carbons (Fsp3) is 0.562. The molecule has 23 heavy (non-hydrogen) atoms. The van der Waals surface area contributed by atoms with E-state index >= 15 is 0 Å². The van der Waals surface area contributed by atoms with Crippen molar-refractivity contribution in [3.8, 4) is 0 Å². The van der Waals surface area contributed by atoms with Crippen molar-refractivity contribution in [2.24, 2.45) is 5.92 Å². The summed E-state index contributed by atoms with van der Waals surface area (Å²) < 4.78 is 5.41. The van der Waals surface area contributed by atoms with Crippen LogP contribution in [0.1, 0.15) is 35.4 Å². The highest BCUT2D eigenvalue weighted by Crippen LogP contribution is 2.21. The normalized spacial score (nSPS) is 16.8. The summed E-state index contributed by atoms with van der Waals surface area (Å²) in [6.45, 7) is 4.51. The van der Waals surface area contributed by atoms with Gasteiger partial charge in [-0.3, -0.25) is 9.59 Å². The van der Waals surface area contributed by atoms with Crippen molar-refractivity contribution in [2.45, 2.75) is 26.2 Å². The van der Waals surface area contributed by atoms with Crippen molar-refractivity contribution in [2.75, 3.05) is 26.7 Å². The highest BCUT2D eigenvalue weighted by molar-refractivity contribution is 6.06. The van der Waals surface area contributed by atoms with E-state index in [0.717, 1.165) is 19.5 Å². The summed E-state index contributed by atoms with van der Waals surface area (Å²) in [5.74, 6) is 0.799. The number of H-pyrrole nitrogens is 1. The summed E-state index contributed by atoms with van der Waals surface area (Å²) in [4.78, 5) is 33.1. The van der Waals surface area contributed by atoms with Gasteiger partial charge < -0.3 is 19.6 Å². The van der Waals surface area contributed by atoms with Crippen molar-refractivity contribution in [3.63, 3.8) is 0 Å². The number of fused-ring (bicyclic) bond motifs is 1. The number of likely N-dealkylation sites (tertiary alicyclic amines) is 1. The van der Waals surface area contributed by atoms with Crippen molar-refractivity contribution in [1.82, 2.24) is 20.2 Å². The Balaban J connectivity index is 1.65. The lowest BCUT2D eigenvalue weighted by Crippen LogP contribution is -2.33. The van der Waals surface area contributed by atoms with E-state index in [1.165, 1.54) is 19.2 Å². The Hall–Kier alpha value is -2.15. The molecule has 0 bridgehead atoms. The lowest BCUT2D eigenvalue weighted by Gasteiger charge is -2.28. The molecule has 7 heteroatoms. The molecule has 0 saturated carbocycles. The Morgan fingerprint density at radius 2 is 2.22 bits per heavy atom. The van der Waals surface area contributed by atoms with Gasteiger partial charge in [-0.1, -0.05) is 0 Å². The summed E-state index contributed by atoms with van der Waals surface area (Å²) >= 11 is 0. The zero-order valence-corrected chi connectivity index (χ0v) is 13.5. The average Bonchev–Trinajstić information content (AvgIpc) is 2.86. The average molecular weight is 318 g/mol. The molecule has 2 aromatic heterocycles. The van der Waals surface area contributed by atoms with E-state index in [0.29, 0.717) is 18.2 Å². The minimum atomic E-state index is -0.354. The van der Waals surface area contributed by atoms with Gasteiger partial charge in [0.1, 0.15) is 11.1 Å². The summed E-state index contributed by atoms with van der Waals surface area (Å²) in [5.41, 5.74) is 0.136. The summed E-state index contributed by atoms with van der Waals surface area (Å²) in [7, 11) is 2.14. The third kappa shape index (κ3) is 3.29. The van der Waals surface area contributed by atoms with Gasteiger partial charge in [0.2, 0.25) is 5.71 Å². The molecule has 0 aliphatic carbocycles. The summed E-state index contributed by atoms with van der Waals surface area (Å²) in [5, 5.41) is 3.13. The first-order valence-corrected chi connectivity index (χ1v) is 7.99. The number of carbonyl (C=O) groups is 1. The second kappa shape index (κ2) is 6.54. The third-order valence-electron chi connectivity index (χ3n) is 4.57. The van der Waals surface area contributed by atoms with E-state index in [4.69, 9.17) is 4.42 Å². The van der Waals surface area contributed by atoms with E-state index in [9.17, 15) is 9.59 Å². The van der Waals surface area contributed by atoms with Crippen LogP contribution in [0.2, 0.25) is 0 Å². The molecule has 1 saturated heterocycles. The number of carbonyl (C=O) groups excluding carboxylic acids is 1. The first-order valence-electron chi connectivity index (χ1n) is 7.99. The molecular formula is C16H22N4O3. The lowest BCUT2D eigenvalue weighted by molar-refractivity contribution is 0.0948. The number of aryl methyl sites for hydroxylation is 1. The number of furan rings is 1. The molecule has 1 aliphatic heterocycles. The van der Waals surface area contributed by atoms with E-state index < -0.39 is 0 Å². The Morgan fingerprint density at radius 1 is 1.48 bits per heavy atom. The molecule has 2 N–H and O–H groups in total. The van der Waals surface area contributed by atoms with Crippen molar-refractivity contribution < 1.29 is 9.21 Å². The molecule has 2 aromatic rings. The predicted molar refractivity (Wildman–Crippen MR) is 86.5 cm³/mol. The molecule has 0 unspecified atom stereocenters. The zero-order valence-electron chi connectivity index (χ0n) is 13.5. The predicted octanol–water partition coefficient (Wildman–Crippen LogP) is 1.29. The Morgan fingerprint density at radius 3 is 2.96 bits per heavy atom. The summed E-state index contributed by atoms with van der Waals surface area (Å²) in [6.07, 6.45) is 4.58. The van der Waals surface area contributed by atoms with Crippen LogP contribution in [-0.4, -0.2) is 47.5 Å². The van der Waals surface area contributed by atoms with Gasteiger partial charge in [0.05, 0.1) is 11.9 Å². The van der Waals surface area contributed by atoms with Gasteiger partial charge in [0.25, 0.3) is 11.5 Å². The first-order chi connectivity index (χ1) is 11.1. The third-order valence-corrected chi connectivity index (χ3v) is 4.57. The van der Waals surface area contributed by atoms with Crippen LogP contribution in [-0.2, 0) is 0 Å². The quantitative estimate of drug-likeness (QED) is 0.886. The maximum absolute atomic E-state index is 12.4. The number of piperidine rings is 1. The smallest absolute Gasteiger partial charge is 0.262 e. The van der Waals surface area contributed by atoms with Crippen molar-refractivity contribution >= 4 is 17.0 Å². The van der Waals surface area contributed by atoms with Crippen LogP contribution in [0.25, 0.3) is 11.1 Å². The van der Waals surface area contributed by atoms with Crippen molar-refractivity contribution in [1.29, 1.82) is 0 Å². The largest absolute Gasteiger partial charge is 0.442 e. The monoisotopic (exact) mass is 318 g/mol. The number of amides is 1. The molecule has 0 spiro atoms. The fourth-order valence-electron chi connectivity index (χ4n) is 3.16. The minimum absolute atomic E-state index is 0.201. The SMILES string of the molecule is Cc1oc2nc[nH]c(=O)c2c1C(=O)NCCC1CCN(C)CC1. The van der Waals surface area contributed by atoms with Crippen molar-refractivity contribution in [3.05, 3.63) is 28.0 Å². The molecular weight excluding hydrogens is 296 g/mol. The number of hydrogen-bond acceptors (Lipinski definition) is 5. The van der Waals surface area contributed by atoms with Gasteiger partial charge in [0.15, 0.2) is 0 Å². The van der Waals surface area contributed by atoms with Gasteiger partial charge in [-0.05, 0) is 52.2 Å². The van der Waals surface area contributed by atoms with E-state index in [1.807, 2.05) is 0 Å². The van der Waals surface area contributed by atoms with Gasteiger partial charge in [-0.2, -0.15) is 0 Å². The van der Waals surface area contributed by atoms with Crippen LogP contribution in [0.15, 0.2) is 15.5 Å². The number of nitrogens with zero attached hydrogens (tertiary/aromatic N) is 2. The molecule has 0 atom stereocenters. The number of rotatable bonds is 4. The first kappa shape index (κ1) is 15.7. The number of hydrogen-bond donors (Lipinski definition) is 2. The van der Waals surface area contributed by atoms with Crippen LogP contribution >= 0.6 is 0 Å². The topological polar surface area (TPSA) is 91.2 Å². The maximum atomic E-state index is 12.4. The molecule has 0 aromatic carbocycles. The Labute approximate surface area is 134 Å². The molecule has 1 aliphatic rings. The van der Waals surface area contributed by atoms with Gasteiger partial charge in [-0.25, -0.2) is 4.98 Å². The van der Waals surface area contributed by atoms with Crippen LogP contribution in [0.4, 0.5) is 0 Å². The molecule has 0 radical (unpaired) electrons. The van der Waals surface area contributed by atoms with E-state index in [-0.39, 0.29) is 28.1 Å². The molecule has 3 rings (SSSR count). The second-order valence-electron chi connectivity index (χ2n) is 6.24. The highest BCUT2D eigenvalue weighted by Gasteiger charge is 2.22. The standard InChI is InChI=1S/C16H22N4O3/c1-10-12(13-15(22)18-9-19-16(13)23-10)14(21)17-6-3-11-4-7-20(2)8-5-11/h9,11H,3-8H2,1-2H3,(H,17,21)(H,18,19,22).